The van der Waals surface area contributed by atoms with Crippen LogP contribution in [-0.2, 0) is 16.0 Å². The second-order valence-electron chi connectivity index (χ2n) is 5.65. The average Bonchev–Trinajstić information content (AvgIpc) is 2.38. The number of benzene rings is 1. The lowest BCUT2D eigenvalue weighted by Crippen LogP contribution is -2.39. The van der Waals surface area contributed by atoms with Gasteiger partial charge in [-0.05, 0) is 50.5 Å². The summed E-state index contributed by atoms with van der Waals surface area (Å²) in [6.07, 6.45) is 2.15. The average molecular weight is 262 g/mol. The molecule has 0 radical (unpaired) electrons. The molecule has 1 aliphatic rings. The van der Waals surface area contributed by atoms with Crippen LogP contribution in [0.4, 0.5) is 11.4 Å². The minimum absolute atomic E-state index is 0.184. The first-order chi connectivity index (χ1) is 8.93. The Hall–Kier alpha value is -1.55. The van der Waals surface area contributed by atoms with Crippen LogP contribution in [0.5, 0.6) is 0 Å². The van der Waals surface area contributed by atoms with Gasteiger partial charge in [0.15, 0.2) is 0 Å². The summed E-state index contributed by atoms with van der Waals surface area (Å²) in [6, 6.07) is 5.77. The van der Waals surface area contributed by atoms with Crippen molar-refractivity contribution in [3.05, 3.63) is 23.8 Å². The third kappa shape index (κ3) is 3.07. The zero-order chi connectivity index (χ0) is 14.0. The summed E-state index contributed by atoms with van der Waals surface area (Å²) >= 11 is 0. The molecule has 0 atom stereocenters. The van der Waals surface area contributed by atoms with Crippen LogP contribution in [0.15, 0.2) is 18.2 Å². The van der Waals surface area contributed by atoms with Gasteiger partial charge in [0.05, 0.1) is 5.60 Å². The van der Waals surface area contributed by atoms with Crippen molar-refractivity contribution in [1.82, 2.24) is 0 Å². The molecular weight excluding hydrogens is 240 g/mol. The standard InChI is InChI=1S/C15H22N2O2/c1-15(2,19-3)8-9-17-13-6-5-12(16)10-11(13)4-7-14(17)18/h5-6,10H,4,7-9,16H2,1-3H3. The molecule has 0 aromatic heterocycles. The highest BCUT2D eigenvalue weighted by molar-refractivity contribution is 5.96. The van der Waals surface area contributed by atoms with Gasteiger partial charge in [0.1, 0.15) is 0 Å². The Kier molecular flexibility index (Phi) is 3.80. The van der Waals surface area contributed by atoms with Crippen LogP contribution in [0.25, 0.3) is 0 Å². The third-order valence-electron chi connectivity index (χ3n) is 3.79. The maximum atomic E-state index is 12.1. The highest BCUT2D eigenvalue weighted by atomic mass is 16.5. The molecule has 1 heterocycles. The molecule has 0 bridgehead atoms. The first-order valence-corrected chi connectivity index (χ1v) is 6.67. The highest BCUT2D eigenvalue weighted by Crippen LogP contribution is 2.30. The van der Waals surface area contributed by atoms with Crippen molar-refractivity contribution in [3.63, 3.8) is 0 Å². The first kappa shape index (κ1) is 13.9. The molecule has 1 aliphatic heterocycles. The van der Waals surface area contributed by atoms with Gasteiger partial charge >= 0.3 is 0 Å². The Morgan fingerprint density at radius 1 is 1.37 bits per heavy atom. The largest absolute Gasteiger partial charge is 0.399 e. The number of nitrogens with two attached hydrogens (primary N) is 1. The molecular formula is C15H22N2O2. The number of ether oxygens (including phenoxy) is 1. The SMILES string of the molecule is COC(C)(C)CCN1C(=O)CCc2cc(N)ccc21. The summed E-state index contributed by atoms with van der Waals surface area (Å²) in [4.78, 5) is 14.0. The fourth-order valence-electron chi connectivity index (χ4n) is 2.31. The van der Waals surface area contributed by atoms with E-state index < -0.39 is 0 Å². The number of hydrogen-bond acceptors (Lipinski definition) is 3. The van der Waals surface area contributed by atoms with Crippen molar-refractivity contribution in [2.45, 2.75) is 38.7 Å². The van der Waals surface area contributed by atoms with Gasteiger partial charge in [0.25, 0.3) is 0 Å². The summed E-state index contributed by atoms with van der Waals surface area (Å²) in [5.41, 5.74) is 8.50. The van der Waals surface area contributed by atoms with E-state index in [9.17, 15) is 4.79 Å². The van der Waals surface area contributed by atoms with Crippen LogP contribution in [0, 0.1) is 0 Å². The molecule has 0 spiro atoms. The smallest absolute Gasteiger partial charge is 0.227 e. The summed E-state index contributed by atoms with van der Waals surface area (Å²) in [5.74, 6) is 0.184. The van der Waals surface area contributed by atoms with E-state index in [4.69, 9.17) is 10.5 Å². The summed E-state index contributed by atoms with van der Waals surface area (Å²) < 4.78 is 5.41. The van der Waals surface area contributed by atoms with Crippen LogP contribution in [0.3, 0.4) is 0 Å². The van der Waals surface area contributed by atoms with Gasteiger partial charge in [0.2, 0.25) is 5.91 Å². The number of nitrogens with zero attached hydrogens (tertiary/aromatic N) is 1. The fraction of sp³-hybridized carbons (Fsp3) is 0.533. The molecule has 1 amide bonds. The molecule has 4 nitrogen and oxygen atoms in total. The van der Waals surface area contributed by atoms with Crippen LogP contribution < -0.4 is 10.6 Å². The van der Waals surface area contributed by atoms with Gasteiger partial charge in [-0.1, -0.05) is 0 Å². The summed E-state index contributed by atoms with van der Waals surface area (Å²) in [7, 11) is 1.70. The zero-order valence-electron chi connectivity index (χ0n) is 11.9. The Morgan fingerprint density at radius 3 is 2.79 bits per heavy atom. The highest BCUT2D eigenvalue weighted by Gasteiger charge is 2.26. The minimum Gasteiger partial charge on any atom is -0.399 e. The zero-order valence-corrected chi connectivity index (χ0v) is 11.9. The fourth-order valence-corrected chi connectivity index (χ4v) is 2.31. The van der Waals surface area contributed by atoms with Gasteiger partial charge in [-0.25, -0.2) is 0 Å². The van der Waals surface area contributed by atoms with Crippen molar-refractivity contribution in [2.24, 2.45) is 0 Å². The number of rotatable bonds is 4. The molecule has 0 aliphatic carbocycles. The second-order valence-corrected chi connectivity index (χ2v) is 5.65. The first-order valence-electron chi connectivity index (χ1n) is 6.67. The molecule has 1 aromatic carbocycles. The van der Waals surface area contributed by atoms with Gasteiger partial charge in [0, 0.05) is 31.5 Å². The van der Waals surface area contributed by atoms with Crippen LogP contribution in [-0.4, -0.2) is 25.2 Å². The van der Waals surface area contributed by atoms with Gasteiger partial charge in [-0.2, -0.15) is 0 Å². The van der Waals surface area contributed by atoms with E-state index in [1.807, 2.05) is 36.9 Å². The Balaban J connectivity index is 2.19. The van der Waals surface area contributed by atoms with E-state index in [1.165, 1.54) is 0 Å². The van der Waals surface area contributed by atoms with Crippen molar-refractivity contribution < 1.29 is 9.53 Å². The van der Waals surface area contributed by atoms with E-state index in [0.717, 1.165) is 29.8 Å². The van der Waals surface area contributed by atoms with E-state index in [0.29, 0.717) is 13.0 Å². The molecule has 2 rings (SSSR count). The number of amides is 1. The van der Waals surface area contributed by atoms with Crippen molar-refractivity contribution in [2.75, 3.05) is 24.3 Å². The predicted molar refractivity (Wildman–Crippen MR) is 77.2 cm³/mol. The number of nitrogen functional groups attached to an aromatic ring is 1. The lowest BCUT2D eigenvalue weighted by atomic mass is 9.98. The minimum atomic E-state index is -0.217. The molecule has 1 aromatic rings. The van der Waals surface area contributed by atoms with Crippen LogP contribution >= 0.6 is 0 Å². The molecule has 0 saturated carbocycles. The Bertz CT molecular complexity index is 483. The van der Waals surface area contributed by atoms with Crippen LogP contribution in [0.2, 0.25) is 0 Å². The van der Waals surface area contributed by atoms with Crippen molar-refractivity contribution in [3.8, 4) is 0 Å². The molecule has 0 fully saturated rings. The third-order valence-corrected chi connectivity index (χ3v) is 3.79. The molecule has 19 heavy (non-hydrogen) atoms. The quantitative estimate of drug-likeness (QED) is 0.847. The van der Waals surface area contributed by atoms with Crippen LogP contribution in [0.1, 0.15) is 32.3 Å². The maximum absolute atomic E-state index is 12.1. The lowest BCUT2D eigenvalue weighted by Gasteiger charge is -2.32. The predicted octanol–water partition coefficient (Wildman–Crippen LogP) is 2.36. The molecule has 2 N–H and O–H groups in total. The Labute approximate surface area is 114 Å². The number of carbonyl (C=O) groups is 1. The lowest BCUT2D eigenvalue weighted by molar-refractivity contribution is -0.119. The van der Waals surface area contributed by atoms with Gasteiger partial charge in [-0.3, -0.25) is 4.79 Å². The number of hydrogen-bond donors (Lipinski definition) is 1. The molecule has 0 unspecified atom stereocenters. The van der Waals surface area contributed by atoms with E-state index in [1.54, 1.807) is 7.11 Å². The number of fused-ring (bicyclic) bond motifs is 1. The van der Waals surface area contributed by atoms with Crippen molar-refractivity contribution in [1.29, 1.82) is 0 Å². The number of methoxy groups -OCH3 is 1. The monoisotopic (exact) mass is 262 g/mol. The summed E-state index contributed by atoms with van der Waals surface area (Å²) in [5, 5.41) is 0. The van der Waals surface area contributed by atoms with Gasteiger partial charge < -0.3 is 15.4 Å². The molecule has 104 valence electrons. The summed E-state index contributed by atoms with van der Waals surface area (Å²) in [6.45, 7) is 4.74. The molecule has 0 saturated heterocycles. The van der Waals surface area contributed by atoms with Gasteiger partial charge in [-0.15, -0.1) is 0 Å². The Morgan fingerprint density at radius 2 is 2.11 bits per heavy atom. The second kappa shape index (κ2) is 5.21. The number of anilines is 2. The van der Waals surface area contributed by atoms with E-state index in [2.05, 4.69) is 0 Å². The maximum Gasteiger partial charge on any atom is 0.227 e. The normalized spacial score (nSPS) is 15.5. The molecule has 4 heteroatoms. The topological polar surface area (TPSA) is 55.6 Å². The van der Waals surface area contributed by atoms with E-state index >= 15 is 0 Å². The number of aryl methyl sites for hydroxylation is 1. The van der Waals surface area contributed by atoms with Crippen molar-refractivity contribution >= 4 is 17.3 Å². The van der Waals surface area contributed by atoms with E-state index in [-0.39, 0.29) is 11.5 Å². The number of carbonyl (C=O) groups excluding carboxylic acids is 1.